The summed E-state index contributed by atoms with van der Waals surface area (Å²) in [5.74, 6) is 1.68. The van der Waals surface area contributed by atoms with Gasteiger partial charge in [0.25, 0.3) is 0 Å². The highest BCUT2D eigenvalue weighted by atomic mass is 16.5. The van der Waals surface area contributed by atoms with E-state index in [-0.39, 0.29) is 6.04 Å². The van der Waals surface area contributed by atoms with E-state index >= 15 is 0 Å². The van der Waals surface area contributed by atoms with E-state index in [0.717, 1.165) is 23.8 Å². The van der Waals surface area contributed by atoms with E-state index < -0.39 is 0 Å². The molecule has 0 amide bonds. The van der Waals surface area contributed by atoms with Gasteiger partial charge in [0.15, 0.2) is 5.96 Å². The average Bonchev–Trinajstić information content (AvgIpc) is 2.43. The summed E-state index contributed by atoms with van der Waals surface area (Å²) < 4.78 is 5.44. The third-order valence-electron chi connectivity index (χ3n) is 3.04. The Labute approximate surface area is 115 Å². The molecule has 0 fully saturated rings. The molecule has 0 aliphatic heterocycles. The number of para-hydroxylation sites is 1. The van der Waals surface area contributed by atoms with Crippen LogP contribution in [0.1, 0.15) is 11.6 Å². The van der Waals surface area contributed by atoms with Crippen molar-refractivity contribution < 1.29 is 4.74 Å². The number of rotatable bonds is 5. The summed E-state index contributed by atoms with van der Waals surface area (Å²) in [6.45, 7) is 0.751. The summed E-state index contributed by atoms with van der Waals surface area (Å²) in [6, 6.07) is 8.30. The first-order valence-electron chi connectivity index (χ1n) is 6.31. The zero-order chi connectivity index (χ0) is 14.3. The molecule has 0 heterocycles. The fourth-order valence-electron chi connectivity index (χ4n) is 1.99. The lowest BCUT2D eigenvalue weighted by Gasteiger charge is -2.27. The van der Waals surface area contributed by atoms with Gasteiger partial charge in [0.2, 0.25) is 0 Å². The van der Waals surface area contributed by atoms with E-state index in [1.807, 2.05) is 25.2 Å². The Kier molecular flexibility index (Phi) is 6.15. The molecule has 0 unspecified atom stereocenters. The number of hydrogen-bond acceptors (Lipinski definition) is 3. The Morgan fingerprint density at radius 3 is 2.58 bits per heavy atom. The van der Waals surface area contributed by atoms with Crippen LogP contribution in [0.15, 0.2) is 29.3 Å². The largest absolute Gasteiger partial charge is 0.496 e. The maximum atomic E-state index is 5.44. The predicted molar refractivity (Wildman–Crippen MR) is 79.8 cm³/mol. The third-order valence-corrected chi connectivity index (χ3v) is 3.04. The molecule has 5 heteroatoms. The van der Waals surface area contributed by atoms with Crippen LogP contribution in [-0.2, 0) is 0 Å². The van der Waals surface area contributed by atoms with Crippen molar-refractivity contribution in [2.75, 3.05) is 41.8 Å². The molecule has 0 saturated heterocycles. The van der Waals surface area contributed by atoms with Crippen LogP contribution < -0.4 is 15.4 Å². The van der Waals surface area contributed by atoms with Gasteiger partial charge < -0.3 is 20.3 Å². The lowest BCUT2D eigenvalue weighted by Crippen LogP contribution is -2.40. The van der Waals surface area contributed by atoms with Crippen molar-refractivity contribution in [3.8, 4) is 5.75 Å². The second kappa shape index (κ2) is 7.63. The van der Waals surface area contributed by atoms with Gasteiger partial charge in [-0.25, -0.2) is 0 Å². The van der Waals surface area contributed by atoms with Gasteiger partial charge in [-0.05, 0) is 20.2 Å². The van der Waals surface area contributed by atoms with Crippen molar-refractivity contribution in [2.24, 2.45) is 4.99 Å². The second-order valence-corrected chi connectivity index (χ2v) is 4.42. The number of nitrogens with zero attached hydrogens (tertiary/aromatic N) is 2. The molecule has 0 bridgehead atoms. The standard InChI is InChI=1S/C14H24N4O/c1-15-14(16-2)17-10-12(18(3)4)11-8-6-7-9-13(11)19-5/h6-9,12H,10H2,1-5H3,(H2,15,16,17)/t12-/m0/s1. The van der Waals surface area contributed by atoms with Gasteiger partial charge in [-0.2, -0.15) is 0 Å². The molecule has 0 aromatic heterocycles. The minimum Gasteiger partial charge on any atom is -0.496 e. The van der Waals surface area contributed by atoms with Gasteiger partial charge in [0.1, 0.15) is 5.75 Å². The Bertz CT molecular complexity index is 418. The second-order valence-electron chi connectivity index (χ2n) is 4.42. The van der Waals surface area contributed by atoms with E-state index in [9.17, 15) is 0 Å². The molecule has 1 atom stereocenters. The highest BCUT2D eigenvalue weighted by Crippen LogP contribution is 2.27. The molecule has 19 heavy (non-hydrogen) atoms. The molecular formula is C14H24N4O. The molecule has 0 aliphatic carbocycles. The minimum atomic E-state index is 0.209. The predicted octanol–water partition coefficient (Wildman–Crippen LogP) is 1.09. The van der Waals surface area contributed by atoms with Gasteiger partial charge in [0, 0.05) is 26.2 Å². The van der Waals surface area contributed by atoms with Crippen LogP contribution in [0.5, 0.6) is 5.75 Å². The first-order valence-corrected chi connectivity index (χ1v) is 6.31. The van der Waals surface area contributed by atoms with Crippen molar-refractivity contribution in [1.82, 2.24) is 15.5 Å². The Morgan fingerprint density at radius 2 is 2.05 bits per heavy atom. The summed E-state index contributed by atoms with van der Waals surface area (Å²) in [7, 11) is 9.42. The van der Waals surface area contributed by atoms with E-state index in [4.69, 9.17) is 4.74 Å². The van der Waals surface area contributed by atoms with Gasteiger partial charge in [0.05, 0.1) is 13.2 Å². The van der Waals surface area contributed by atoms with Crippen molar-refractivity contribution in [3.63, 3.8) is 0 Å². The number of aliphatic imine (C=N–C) groups is 1. The fraction of sp³-hybridized carbons (Fsp3) is 0.500. The Balaban J connectivity index is 2.88. The summed E-state index contributed by atoms with van der Waals surface area (Å²) in [5.41, 5.74) is 1.16. The van der Waals surface area contributed by atoms with Gasteiger partial charge in [-0.1, -0.05) is 18.2 Å². The first kappa shape index (κ1) is 15.3. The van der Waals surface area contributed by atoms with Crippen LogP contribution in [-0.4, -0.2) is 52.7 Å². The maximum Gasteiger partial charge on any atom is 0.190 e. The van der Waals surface area contributed by atoms with E-state index in [2.05, 4.69) is 40.7 Å². The highest BCUT2D eigenvalue weighted by Gasteiger charge is 2.18. The monoisotopic (exact) mass is 264 g/mol. The lowest BCUT2D eigenvalue weighted by atomic mass is 10.0. The molecule has 0 radical (unpaired) electrons. The molecular weight excluding hydrogens is 240 g/mol. The molecule has 106 valence electrons. The zero-order valence-electron chi connectivity index (χ0n) is 12.4. The van der Waals surface area contributed by atoms with Crippen LogP contribution >= 0.6 is 0 Å². The Morgan fingerprint density at radius 1 is 1.37 bits per heavy atom. The highest BCUT2D eigenvalue weighted by molar-refractivity contribution is 5.79. The summed E-state index contributed by atoms with van der Waals surface area (Å²) in [4.78, 5) is 6.28. The SMILES string of the molecule is CN=C(NC)NC[C@@H](c1ccccc1OC)N(C)C. The van der Waals surface area contributed by atoms with E-state index in [1.54, 1.807) is 14.2 Å². The normalized spacial score (nSPS) is 13.3. The number of methoxy groups -OCH3 is 1. The van der Waals surface area contributed by atoms with Gasteiger partial charge in [-0.15, -0.1) is 0 Å². The molecule has 0 saturated carbocycles. The summed E-state index contributed by atoms with van der Waals surface area (Å²) >= 11 is 0. The number of nitrogens with one attached hydrogen (secondary N) is 2. The van der Waals surface area contributed by atoms with Crippen LogP contribution in [0.2, 0.25) is 0 Å². The van der Waals surface area contributed by atoms with Crippen LogP contribution in [0, 0.1) is 0 Å². The molecule has 1 aromatic carbocycles. The lowest BCUT2D eigenvalue weighted by molar-refractivity contribution is 0.288. The maximum absolute atomic E-state index is 5.44. The number of likely N-dealkylation sites (N-methyl/N-ethyl adjacent to an activating group) is 1. The number of ether oxygens (including phenoxy) is 1. The van der Waals surface area contributed by atoms with Crippen LogP contribution in [0.4, 0.5) is 0 Å². The van der Waals surface area contributed by atoms with Crippen molar-refractivity contribution in [1.29, 1.82) is 0 Å². The zero-order valence-corrected chi connectivity index (χ0v) is 12.4. The van der Waals surface area contributed by atoms with Crippen molar-refractivity contribution in [2.45, 2.75) is 6.04 Å². The number of benzene rings is 1. The summed E-state index contributed by atoms with van der Waals surface area (Å²) in [5, 5.41) is 6.31. The minimum absolute atomic E-state index is 0.209. The topological polar surface area (TPSA) is 48.9 Å². The molecule has 0 spiro atoms. The van der Waals surface area contributed by atoms with Crippen LogP contribution in [0.3, 0.4) is 0 Å². The molecule has 5 nitrogen and oxygen atoms in total. The van der Waals surface area contributed by atoms with Crippen molar-refractivity contribution >= 4 is 5.96 Å². The number of hydrogen-bond donors (Lipinski definition) is 2. The average molecular weight is 264 g/mol. The van der Waals surface area contributed by atoms with Crippen molar-refractivity contribution in [3.05, 3.63) is 29.8 Å². The number of guanidine groups is 1. The first-order chi connectivity index (χ1) is 9.13. The summed E-state index contributed by atoms with van der Waals surface area (Å²) in [6.07, 6.45) is 0. The molecule has 0 aliphatic rings. The quantitative estimate of drug-likeness (QED) is 0.617. The smallest absolute Gasteiger partial charge is 0.190 e. The van der Waals surface area contributed by atoms with E-state index in [0.29, 0.717) is 0 Å². The molecule has 2 N–H and O–H groups in total. The fourth-order valence-corrected chi connectivity index (χ4v) is 1.99. The third kappa shape index (κ3) is 4.13. The van der Waals surface area contributed by atoms with Gasteiger partial charge >= 0.3 is 0 Å². The van der Waals surface area contributed by atoms with Gasteiger partial charge in [-0.3, -0.25) is 4.99 Å². The molecule has 1 aromatic rings. The van der Waals surface area contributed by atoms with E-state index in [1.165, 1.54) is 0 Å². The molecule has 1 rings (SSSR count). The Hall–Kier alpha value is -1.75. The van der Waals surface area contributed by atoms with Crippen LogP contribution in [0.25, 0.3) is 0 Å².